The van der Waals surface area contributed by atoms with Crippen LogP contribution in [0.15, 0.2) is 0 Å². The number of hydrogen-bond acceptors (Lipinski definition) is 3. The maximum Gasteiger partial charge on any atom is 0.236 e. The van der Waals surface area contributed by atoms with Crippen LogP contribution in [0.2, 0.25) is 0 Å². The molecule has 2 atom stereocenters. The molecule has 0 saturated carbocycles. The first-order chi connectivity index (χ1) is 8.25. The summed E-state index contributed by atoms with van der Waals surface area (Å²) < 4.78 is 5.51. The van der Waals surface area contributed by atoms with Crippen LogP contribution in [-0.2, 0) is 9.53 Å². The summed E-state index contributed by atoms with van der Waals surface area (Å²) in [6.45, 7) is 6.25. The topological polar surface area (TPSA) is 41.6 Å². The number of rotatable bonds is 4. The minimum atomic E-state index is 0.245. The van der Waals surface area contributed by atoms with Crippen molar-refractivity contribution in [1.29, 1.82) is 0 Å². The number of carbonyl (C=O) groups is 1. The van der Waals surface area contributed by atoms with Gasteiger partial charge in [0.1, 0.15) is 0 Å². The van der Waals surface area contributed by atoms with Gasteiger partial charge in [-0.15, -0.1) is 0 Å². The summed E-state index contributed by atoms with van der Waals surface area (Å²) in [5, 5.41) is 3.22. The molecule has 2 aliphatic heterocycles. The highest BCUT2D eigenvalue weighted by Crippen LogP contribution is 2.15. The maximum atomic E-state index is 11.9. The van der Waals surface area contributed by atoms with Gasteiger partial charge < -0.3 is 15.0 Å². The third kappa shape index (κ3) is 3.96. The molecular weight excluding hydrogens is 216 g/mol. The van der Waals surface area contributed by atoms with Crippen molar-refractivity contribution >= 4 is 5.91 Å². The first-order valence-electron chi connectivity index (χ1n) is 6.86. The van der Waals surface area contributed by atoms with Crippen molar-refractivity contribution in [2.45, 2.75) is 38.7 Å². The molecule has 2 rings (SSSR count). The highest BCUT2D eigenvalue weighted by atomic mass is 16.5. The number of nitrogens with one attached hydrogen (secondary N) is 1. The zero-order valence-corrected chi connectivity index (χ0v) is 10.8. The van der Waals surface area contributed by atoms with Gasteiger partial charge in [0.05, 0.1) is 12.6 Å². The molecule has 2 saturated heterocycles. The molecule has 2 unspecified atom stereocenters. The molecule has 4 nitrogen and oxygen atoms in total. The quantitative estimate of drug-likeness (QED) is 0.797. The largest absolute Gasteiger partial charge is 0.377 e. The third-order valence-corrected chi connectivity index (χ3v) is 3.68. The average molecular weight is 240 g/mol. The lowest BCUT2D eigenvalue weighted by Gasteiger charge is -2.31. The molecule has 2 heterocycles. The second kappa shape index (κ2) is 6.36. The van der Waals surface area contributed by atoms with E-state index in [1.54, 1.807) is 0 Å². The van der Waals surface area contributed by atoms with Crippen LogP contribution in [0.1, 0.15) is 32.6 Å². The van der Waals surface area contributed by atoms with Crippen LogP contribution in [0.5, 0.6) is 0 Å². The van der Waals surface area contributed by atoms with E-state index in [9.17, 15) is 4.79 Å². The Morgan fingerprint density at radius 1 is 1.41 bits per heavy atom. The van der Waals surface area contributed by atoms with E-state index in [2.05, 4.69) is 12.2 Å². The first-order valence-corrected chi connectivity index (χ1v) is 6.86. The number of piperidine rings is 1. The van der Waals surface area contributed by atoms with Crippen LogP contribution >= 0.6 is 0 Å². The van der Waals surface area contributed by atoms with Crippen molar-refractivity contribution in [1.82, 2.24) is 10.2 Å². The summed E-state index contributed by atoms with van der Waals surface area (Å²) in [4.78, 5) is 13.9. The van der Waals surface area contributed by atoms with Crippen LogP contribution in [0, 0.1) is 5.92 Å². The second-order valence-electron chi connectivity index (χ2n) is 5.35. The minimum Gasteiger partial charge on any atom is -0.377 e. The van der Waals surface area contributed by atoms with Crippen molar-refractivity contribution in [2.24, 2.45) is 5.92 Å². The lowest BCUT2D eigenvalue weighted by Crippen LogP contribution is -2.44. The Kier molecular flexibility index (Phi) is 4.80. The van der Waals surface area contributed by atoms with Crippen molar-refractivity contribution in [3.63, 3.8) is 0 Å². The second-order valence-corrected chi connectivity index (χ2v) is 5.35. The zero-order valence-electron chi connectivity index (χ0n) is 10.8. The van der Waals surface area contributed by atoms with E-state index >= 15 is 0 Å². The van der Waals surface area contributed by atoms with Gasteiger partial charge in [0.25, 0.3) is 0 Å². The van der Waals surface area contributed by atoms with Gasteiger partial charge in [0.2, 0.25) is 5.91 Å². The molecule has 0 bridgehead atoms. The number of likely N-dealkylation sites (tertiary alicyclic amines) is 1. The maximum absolute atomic E-state index is 11.9. The first kappa shape index (κ1) is 12.8. The summed E-state index contributed by atoms with van der Waals surface area (Å²) in [5.41, 5.74) is 0. The van der Waals surface area contributed by atoms with Gasteiger partial charge in [0.15, 0.2) is 0 Å². The molecule has 4 heteroatoms. The third-order valence-electron chi connectivity index (χ3n) is 3.68. The van der Waals surface area contributed by atoms with Gasteiger partial charge >= 0.3 is 0 Å². The predicted molar refractivity (Wildman–Crippen MR) is 66.8 cm³/mol. The minimum absolute atomic E-state index is 0.245. The molecule has 17 heavy (non-hydrogen) atoms. The van der Waals surface area contributed by atoms with Crippen LogP contribution in [-0.4, -0.2) is 49.7 Å². The Balaban J connectivity index is 1.62. The highest BCUT2D eigenvalue weighted by molar-refractivity contribution is 5.78. The molecule has 0 aliphatic carbocycles. The van der Waals surface area contributed by atoms with E-state index < -0.39 is 0 Å². The monoisotopic (exact) mass is 240 g/mol. The average Bonchev–Trinajstić information content (AvgIpc) is 2.82. The van der Waals surface area contributed by atoms with Crippen LogP contribution in [0.25, 0.3) is 0 Å². The number of carbonyl (C=O) groups excluding carboxylic acids is 1. The Hall–Kier alpha value is -0.610. The van der Waals surface area contributed by atoms with Gasteiger partial charge in [-0.25, -0.2) is 0 Å². The molecule has 2 aliphatic rings. The fourth-order valence-electron chi connectivity index (χ4n) is 2.67. The fourth-order valence-corrected chi connectivity index (χ4v) is 2.67. The molecule has 2 fully saturated rings. The predicted octanol–water partition coefficient (Wildman–Crippen LogP) is 1.01. The van der Waals surface area contributed by atoms with Gasteiger partial charge in [-0.1, -0.05) is 6.92 Å². The van der Waals surface area contributed by atoms with Gasteiger partial charge in [0, 0.05) is 26.2 Å². The van der Waals surface area contributed by atoms with Crippen LogP contribution in [0.4, 0.5) is 0 Å². The van der Waals surface area contributed by atoms with Crippen LogP contribution < -0.4 is 5.32 Å². The SMILES string of the molecule is CC1CCCN(C(=O)CNCC2CCCO2)C1. The molecule has 0 aromatic rings. The van der Waals surface area contributed by atoms with Crippen molar-refractivity contribution in [3.8, 4) is 0 Å². The molecule has 0 aromatic heterocycles. The van der Waals surface area contributed by atoms with E-state index in [4.69, 9.17) is 4.74 Å². The lowest BCUT2D eigenvalue weighted by atomic mass is 10.0. The Morgan fingerprint density at radius 2 is 2.29 bits per heavy atom. The molecule has 0 radical (unpaired) electrons. The molecule has 0 spiro atoms. The summed E-state index contributed by atoms with van der Waals surface area (Å²) in [6, 6.07) is 0. The van der Waals surface area contributed by atoms with Crippen LogP contribution in [0.3, 0.4) is 0 Å². The molecule has 0 aromatic carbocycles. The summed E-state index contributed by atoms with van der Waals surface area (Å²) in [5.74, 6) is 0.903. The fraction of sp³-hybridized carbons (Fsp3) is 0.923. The van der Waals surface area contributed by atoms with Crippen molar-refractivity contribution in [3.05, 3.63) is 0 Å². The Morgan fingerprint density at radius 3 is 3.00 bits per heavy atom. The van der Waals surface area contributed by atoms with Gasteiger partial charge in [-0.3, -0.25) is 4.79 Å². The van der Waals surface area contributed by atoms with E-state index in [1.165, 1.54) is 6.42 Å². The van der Waals surface area contributed by atoms with Crippen molar-refractivity contribution < 1.29 is 9.53 Å². The van der Waals surface area contributed by atoms with Crippen molar-refractivity contribution in [2.75, 3.05) is 32.8 Å². The standard InChI is InChI=1S/C13H24N2O2/c1-11-4-2-6-15(10-11)13(16)9-14-8-12-5-3-7-17-12/h11-12,14H,2-10H2,1H3. The van der Waals surface area contributed by atoms with Gasteiger partial charge in [-0.2, -0.15) is 0 Å². The Labute approximate surface area is 104 Å². The normalized spacial score (nSPS) is 29.6. The van der Waals surface area contributed by atoms with E-state index in [1.807, 2.05) is 4.90 Å². The van der Waals surface area contributed by atoms with Gasteiger partial charge in [-0.05, 0) is 31.6 Å². The lowest BCUT2D eigenvalue weighted by molar-refractivity contribution is -0.131. The molecule has 1 N–H and O–H groups in total. The molecular formula is C13H24N2O2. The number of ether oxygens (including phenoxy) is 1. The smallest absolute Gasteiger partial charge is 0.236 e. The zero-order chi connectivity index (χ0) is 12.1. The summed E-state index contributed by atoms with van der Waals surface area (Å²) in [6.07, 6.45) is 5.01. The number of nitrogens with zero attached hydrogens (tertiary/aromatic N) is 1. The highest BCUT2D eigenvalue weighted by Gasteiger charge is 2.21. The number of hydrogen-bond donors (Lipinski definition) is 1. The van der Waals surface area contributed by atoms with E-state index in [0.29, 0.717) is 18.6 Å². The number of amides is 1. The Bertz CT molecular complexity index is 252. The molecule has 1 amide bonds. The van der Waals surface area contributed by atoms with E-state index in [0.717, 1.165) is 45.5 Å². The molecule has 98 valence electrons. The van der Waals surface area contributed by atoms with E-state index in [-0.39, 0.29) is 5.91 Å². The summed E-state index contributed by atoms with van der Waals surface area (Å²) in [7, 11) is 0. The summed E-state index contributed by atoms with van der Waals surface area (Å²) >= 11 is 0.